The molecule has 5 rings (SSSR count). The van der Waals surface area contributed by atoms with Crippen LogP contribution in [0.15, 0.2) is 24.4 Å². The maximum absolute atomic E-state index is 14.2. The molecule has 0 atom stereocenters. The average Bonchev–Trinajstić information content (AvgIpc) is 3.64. The Kier molecular flexibility index (Phi) is 9.47. The molecule has 2 aliphatic carbocycles. The molecule has 3 heterocycles. The average molecular weight is 592 g/mol. The largest absolute Gasteiger partial charge is 0.490 e. The summed E-state index contributed by atoms with van der Waals surface area (Å²) < 4.78 is 6.43. The van der Waals surface area contributed by atoms with Gasteiger partial charge in [0.2, 0.25) is 5.91 Å². The molecule has 2 aromatic rings. The van der Waals surface area contributed by atoms with E-state index >= 15 is 0 Å². The molecule has 1 aliphatic heterocycles. The Morgan fingerprint density at radius 2 is 1.74 bits per heavy atom. The van der Waals surface area contributed by atoms with Crippen molar-refractivity contribution in [2.24, 2.45) is 17.3 Å². The van der Waals surface area contributed by atoms with E-state index in [2.05, 4.69) is 28.6 Å². The van der Waals surface area contributed by atoms with Crippen molar-refractivity contribution in [3.05, 3.63) is 34.2 Å². The second-order valence-corrected chi connectivity index (χ2v) is 14.4. The van der Waals surface area contributed by atoms with E-state index in [4.69, 9.17) is 4.74 Å². The molecule has 1 amide bonds. The van der Waals surface area contributed by atoms with Crippen molar-refractivity contribution in [2.45, 2.75) is 104 Å². The van der Waals surface area contributed by atoms with Gasteiger partial charge < -0.3 is 19.6 Å². The van der Waals surface area contributed by atoms with E-state index in [1.165, 1.54) is 24.2 Å². The molecule has 7 nitrogen and oxygen atoms in total. The molecule has 1 N–H and O–H groups in total. The third-order valence-electron chi connectivity index (χ3n) is 8.79. The van der Waals surface area contributed by atoms with Crippen LogP contribution >= 0.6 is 11.3 Å². The van der Waals surface area contributed by atoms with Crippen LogP contribution in [0.3, 0.4) is 0 Å². The van der Waals surface area contributed by atoms with E-state index in [0.29, 0.717) is 16.5 Å². The molecule has 2 aromatic heterocycles. The highest BCUT2D eigenvalue weighted by atomic mass is 32.1. The van der Waals surface area contributed by atoms with Gasteiger partial charge in [0, 0.05) is 42.7 Å². The molecule has 0 radical (unpaired) electrons. The van der Waals surface area contributed by atoms with Crippen molar-refractivity contribution in [2.75, 3.05) is 22.9 Å². The third kappa shape index (κ3) is 7.47. The zero-order chi connectivity index (χ0) is 29.9. The smallest absolute Gasteiger partial charge is 0.348 e. The number of anilines is 2. The summed E-state index contributed by atoms with van der Waals surface area (Å²) >= 11 is 1.18. The van der Waals surface area contributed by atoms with Gasteiger partial charge in [0.1, 0.15) is 16.4 Å². The lowest BCUT2D eigenvalue weighted by atomic mass is 9.81. The Hall–Kier alpha value is -3.05. The summed E-state index contributed by atoms with van der Waals surface area (Å²) in [6, 6.07) is 5.75. The molecule has 3 fully saturated rings. The highest BCUT2D eigenvalue weighted by Gasteiger charge is 2.38. The van der Waals surface area contributed by atoms with Crippen LogP contribution in [-0.4, -0.2) is 47.2 Å². The Morgan fingerprint density at radius 1 is 1.05 bits per heavy atom. The quantitative estimate of drug-likeness (QED) is 0.338. The molecule has 0 aromatic carbocycles. The van der Waals surface area contributed by atoms with Crippen LogP contribution in [0.1, 0.15) is 106 Å². The fourth-order valence-corrected chi connectivity index (χ4v) is 7.27. The van der Waals surface area contributed by atoms with Crippen molar-refractivity contribution in [1.29, 1.82) is 0 Å². The molecular formula is C34H45N3O4S. The van der Waals surface area contributed by atoms with Crippen molar-refractivity contribution >= 4 is 34.7 Å². The highest BCUT2D eigenvalue weighted by molar-refractivity contribution is 7.15. The predicted octanol–water partition coefficient (Wildman–Crippen LogP) is 7.39. The van der Waals surface area contributed by atoms with Crippen LogP contribution in [0.5, 0.6) is 5.75 Å². The lowest BCUT2D eigenvalue weighted by molar-refractivity contribution is -0.124. The Bertz CT molecular complexity index is 1310. The minimum absolute atomic E-state index is 0.0530. The number of aromatic nitrogens is 1. The number of amides is 1. The van der Waals surface area contributed by atoms with Gasteiger partial charge in [-0.2, -0.15) is 0 Å². The monoisotopic (exact) mass is 591 g/mol. The maximum atomic E-state index is 14.2. The fraction of sp³-hybridized carbons (Fsp3) is 0.618. The van der Waals surface area contributed by atoms with E-state index < -0.39 is 5.97 Å². The van der Waals surface area contributed by atoms with Gasteiger partial charge in [-0.15, -0.1) is 11.3 Å². The Balaban J connectivity index is 1.36. The van der Waals surface area contributed by atoms with Crippen LogP contribution in [-0.2, 0) is 4.79 Å². The molecule has 3 aliphatic rings. The van der Waals surface area contributed by atoms with E-state index in [0.717, 1.165) is 76.0 Å². The summed E-state index contributed by atoms with van der Waals surface area (Å²) in [5, 5.41) is 10.2. The molecular weight excluding hydrogens is 546 g/mol. The number of carboxylic acid groups (broad SMARTS) is 1. The van der Waals surface area contributed by atoms with Crippen LogP contribution in [0.2, 0.25) is 0 Å². The standard InChI is InChI=1S/C34H45N3O4S/c1-23-7-9-24(10-8-23)32(38)37(29-22-28(15-17-34(2,3)4)42-31(29)33(39)40)25-11-13-26(14-12-25)41-27-16-18-35-30(21-27)36-19-5-6-20-36/h16,18,21-26H,5-14,19-20H2,1-4H3,(H,39,40). The number of rotatable bonds is 7. The molecule has 0 spiro atoms. The van der Waals surface area contributed by atoms with Crippen LogP contribution in [0, 0.1) is 29.1 Å². The maximum Gasteiger partial charge on any atom is 0.348 e. The fourth-order valence-electron chi connectivity index (χ4n) is 6.43. The van der Waals surface area contributed by atoms with Crippen molar-refractivity contribution in [3.63, 3.8) is 0 Å². The van der Waals surface area contributed by atoms with E-state index in [-0.39, 0.29) is 34.3 Å². The summed E-state index contributed by atoms with van der Waals surface area (Å²) in [6.07, 6.45) is 11.2. The SMILES string of the molecule is CC1CCC(C(=O)N(c2cc(C#CC(C)(C)C)sc2C(=O)O)C2CCC(Oc3ccnc(N4CCCC4)c3)CC2)CC1. The van der Waals surface area contributed by atoms with Crippen LogP contribution in [0.25, 0.3) is 0 Å². The summed E-state index contributed by atoms with van der Waals surface area (Å²) in [7, 11) is 0. The van der Waals surface area contributed by atoms with Gasteiger partial charge in [-0.1, -0.05) is 18.8 Å². The summed E-state index contributed by atoms with van der Waals surface area (Å²) in [4.78, 5) is 36.2. The molecule has 1 saturated heterocycles. The molecule has 2 saturated carbocycles. The number of ether oxygens (including phenoxy) is 1. The van der Waals surface area contributed by atoms with Crippen LogP contribution < -0.4 is 14.5 Å². The predicted molar refractivity (Wildman–Crippen MR) is 169 cm³/mol. The highest BCUT2D eigenvalue weighted by Crippen LogP contribution is 2.39. The van der Waals surface area contributed by atoms with Gasteiger partial charge in [0.25, 0.3) is 0 Å². The first-order valence-electron chi connectivity index (χ1n) is 15.7. The number of hydrogen-bond donors (Lipinski definition) is 1. The van der Waals surface area contributed by atoms with Gasteiger partial charge in [-0.25, -0.2) is 9.78 Å². The molecule has 42 heavy (non-hydrogen) atoms. The first-order valence-corrected chi connectivity index (χ1v) is 16.5. The number of aromatic carboxylic acids is 1. The van der Waals surface area contributed by atoms with E-state index in [1.807, 2.05) is 50.1 Å². The summed E-state index contributed by atoms with van der Waals surface area (Å²) in [5.41, 5.74) is 0.313. The minimum atomic E-state index is -1.00. The van der Waals surface area contributed by atoms with Gasteiger partial charge in [0.15, 0.2) is 0 Å². The van der Waals surface area contributed by atoms with Gasteiger partial charge in [0.05, 0.1) is 16.7 Å². The number of hydrogen-bond acceptors (Lipinski definition) is 6. The normalized spacial score (nSPS) is 24.5. The number of thiophene rings is 1. The number of carbonyl (C=O) groups excluding carboxylic acids is 1. The topological polar surface area (TPSA) is 83.0 Å². The Morgan fingerprint density at radius 3 is 2.38 bits per heavy atom. The third-order valence-corrected chi connectivity index (χ3v) is 9.82. The minimum Gasteiger partial charge on any atom is -0.490 e. The number of carbonyl (C=O) groups is 2. The summed E-state index contributed by atoms with van der Waals surface area (Å²) in [5.74, 6) is 7.85. The number of nitrogens with zero attached hydrogens (tertiary/aromatic N) is 3. The first kappa shape index (κ1) is 30.4. The van der Waals surface area contributed by atoms with Crippen molar-refractivity contribution in [3.8, 4) is 17.6 Å². The zero-order valence-corrected chi connectivity index (χ0v) is 26.3. The van der Waals surface area contributed by atoms with Crippen LogP contribution in [0.4, 0.5) is 11.5 Å². The molecule has 0 unspecified atom stereocenters. The molecule has 8 heteroatoms. The van der Waals surface area contributed by atoms with E-state index in [1.54, 1.807) is 0 Å². The zero-order valence-electron chi connectivity index (χ0n) is 25.5. The Labute approximate surface area is 254 Å². The number of carboxylic acids is 1. The lowest BCUT2D eigenvalue weighted by Gasteiger charge is -2.39. The van der Waals surface area contributed by atoms with Crippen molar-refractivity contribution in [1.82, 2.24) is 4.98 Å². The van der Waals surface area contributed by atoms with E-state index in [9.17, 15) is 14.7 Å². The lowest BCUT2D eigenvalue weighted by Crippen LogP contribution is -2.47. The van der Waals surface area contributed by atoms with Gasteiger partial charge in [-0.3, -0.25) is 4.79 Å². The summed E-state index contributed by atoms with van der Waals surface area (Å²) in [6.45, 7) is 10.4. The molecule has 226 valence electrons. The van der Waals surface area contributed by atoms with Gasteiger partial charge in [-0.05, 0) is 103 Å². The number of pyridine rings is 1. The molecule has 0 bridgehead atoms. The van der Waals surface area contributed by atoms with Gasteiger partial charge >= 0.3 is 5.97 Å². The van der Waals surface area contributed by atoms with Crippen molar-refractivity contribution < 1.29 is 19.4 Å². The first-order chi connectivity index (χ1) is 20.1. The second kappa shape index (κ2) is 13.1. The second-order valence-electron chi connectivity index (χ2n) is 13.4.